The van der Waals surface area contributed by atoms with Crippen LogP contribution in [-0.4, -0.2) is 22.9 Å². The van der Waals surface area contributed by atoms with Crippen LogP contribution < -0.4 is 10.6 Å². The summed E-state index contributed by atoms with van der Waals surface area (Å²) in [5, 5.41) is 17.1. The predicted molar refractivity (Wildman–Crippen MR) is 87.2 cm³/mol. The van der Waals surface area contributed by atoms with Gasteiger partial charge in [0.1, 0.15) is 0 Å². The van der Waals surface area contributed by atoms with Crippen molar-refractivity contribution in [2.24, 2.45) is 0 Å². The molecule has 0 radical (unpaired) electrons. The second-order valence-electron chi connectivity index (χ2n) is 5.51. The molecule has 2 atom stereocenters. The Balaban J connectivity index is 0.00000242. The molecule has 0 saturated carbocycles. The summed E-state index contributed by atoms with van der Waals surface area (Å²) < 4.78 is 0. The van der Waals surface area contributed by atoms with Crippen LogP contribution >= 0.6 is 12.4 Å². The van der Waals surface area contributed by atoms with Crippen LogP contribution in [0, 0.1) is 10.1 Å². The third-order valence-electron chi connectivity index (χ3n) is 4.21. The topological polar surface area (TPSA) is 84.3 Å². The maximum absolute atomic E-state index is 12.5. The molecule has 0 aliphatic carbocycles. The molecule has 1 aromatic carbocycles. The van der Waals surface area contributed by atoms with Crippen molar-refractivity contribution in [3.05, 3.63) is 39.9 Å². The quantitative estimate of drug-likeness (QED) is 0.643. The molecule has 2 rings (SSSR count). The van der Waals surface area contributed by atoms with Crippen LogP contribution in [0.25, 0.3) is 0 Å². The lowest BCUT2D eigenvalue weighted by Gasteiger charge is -2.28. The molecule has 2 N–H and O–H groups in total. The number of nitrogens with one attached hydrogen (secondary N) is 2. The van der Waals surface area contributed by atoms with Crippen LogP contribution in [0.3, 0.4) is 0 Å². The van der Waals surface area contributed by atoms with E-state index in [0.717, 1.165) is 31.4 Å². The van der Waals surface area contributed by atoms with E-state index in [-0.39, 0.29) is 30.0 Å². The number of nitrogens with zero attached hydrogens (tertiary/aromatic N) is 1. The van der Waals surface area contributed by atoms with Gasteiger partial charge in [0.25, 0.3) is 5.69 Å². The van der Waals surface area contributed by atoms with Crippen molar-refractivity contribution in [3.63, 3.8) is 0 Å². The number of non-ortho nitro benzene ring substituents is 1. The van der Waals surface area contributed by atoms with Crippen molar-refractivity contribution in [1.29, 1.82) is 0 Å². The highest BCUT2D eigenvalue weighted by atomic mass is 35.5. The van der Waals surface area contributed by atoms with Gasteiger partial charge in [0.05, 0.1) is 16.5 Å². The van der Waals surface area contributed by atoms with Gasteiger partial charge < -0.3 is 10.6 Å². The molecular weight excluding hydrogens is 306 g/mol. The van der Waals surface area contributed by atoms with E-state index >= 15 is 0 Å². The second kappa shape index (κ2) is 7.56. The average molecular weight is 328 g/mol. The zero-order valence-corrected chi connectivity index (χ0v) is 13.6. The molecule has 0 bridgehead atoms. The van der Waals surface area contributed by atoms with E-state index in [1.54, 1.807) is 12.1 Å². The van der Waals surface area contributed by atoms with Gasteiger partial charge in [-0.25, -0.2) is 0 Å². The number of amides is 1. The first-order chi connectivity index (χ1) is 9.98. The minimum atomic E-state index is -0.491. The van der Waals surface area contributed by atoms with Crippen molar-refractivity contribution in [2.45, 2.75) is 44.7 Å². The van der Waals surface area contributed by atoms with E-state index < -0.39 is 10.5 Å². The maximum Gasteiger partial charge on any atom is 0.269 e. The minimum Gasteiger partial charge on any atom is -0.348 e. The molecule has 1 aromatic rings. The van der Waals surface area contributed by atoms with Gasteiger partial charge in [0, 0.05) is 12.1 Å². The fourth-order valence-corrected chi connectivity index (χ4v) is 2.79. The van der Waals surface area contributed by atoms with E-state index in [4.69, 9.17) is 0 Å². The van der Waals surface area contributed by atoms with Gasteiger partial charge in [0.15, 0.2) is 0 Å². The van der Waals surface area contributed by atoms with E-state index in [1.165, 1.54) is 12.1 Å². The van der Waals surface area contributed by atoms with Crippen LogP contribution in [0.2, 0.25) is 0 Å². The van der Waals surface area contributed by atoms with Crippen molar-refractivity contribution in [1.82, 2.24) is 10.6 Å². The first kappa shape index (κ1) is 18.4. The number of hydrogen-bond acceptors (Lipinski definition) is 4. The van der Waals surface area contributed by atoms with Gasteiger partial charge in [-0.2, -0.15) is 0 Å². The molecule has 0 aromatic heterocycles. The molecule has 1 fully saturated rings. The molecule has 1 amide bonds. The summed E-state index contributed by atoms with van der Waals surface area (Å²) in [7, 11) is 0. The molecule has 1 heterocycles. The summed E-state index contributed by atoms with van der Waals surface area (Å²) in [6.45, 7) is 4.69. The maximum atomic E-state index is 12.5. The number of rotatable bonds is 5. The zero-order chi connectivity index (χ0) is 15.5. The highest BCUT2D eigenvalue weighted by molar-refractivity contribution is 5.87. The Morgan fingerprint density at radius 1 is 1.55 bits per heavy atom. The number of carbonyl (C=O) groups is 1. The Morgan fingerprint density at radius 2 is 2.27 bits per heavy atom. The first-order valence-electron chi connectivity index (χ1n) is 7.29. The number of hydrogen-bond donors (Lipinski definition) is 2. The highest BCUT2D eigenvalue weighted by Gasteiger charge is 2.39. The SMILES string of the molecule is CCC1(C(=O)NC(C)c2cccc([N+](=O)[O-])c2)CCCN1.Cl. The lowest BCUT2D eigenvalue weighted by molar-refractivity contribution is -0.384. The summed E-state index contributed by atoms with van der Waals surface area (Å²) >= 11 is 0. The summed E-state index contributed by atoms with van der Waals surface area (Å²) in [4.78, 5) is 22.9. The summed E-state index contributed by atoms with van der Waals surface area (Å²) in [5.41, 5.74) is 0.286. The van der Waals surface area contributed by atoms with Crippen LogP contribution in [0.5, 0.6) is 0 Å². The van der Waals surface area contributed by atoms with E-state index in [1.807, 2.05) is 13.8 Å². The Morgan fingerprint density at radius 3 is 2.82 bits per heavy atom. The second-order valence-corrected chi connectivity index (χ2v) is 5.51. The summed E-state index contributed by atoms with van der Waals surface area (Å²) in [6, 6.07) is 6.12. The van der Waals surface area contributed by atoms with Crippen molar-refractivity contribution >= 4 is 24.0 Å². The minimum absolute atomic E-state index is 0. The van der Waals surface area contributed by atoms with E-state index in [2.05, 4.69) is 10.6 Å². The van der Waals surface area contributed by atoms with Gasteiger partial charge >= 0.3 is 0 Å². The smallest absolute Gasteiger partial charge is 0.269 e. The Hall–Kier alpha value is -1.66. The first-order valence-corrected chi connectivity index (χ1v) is 7.29. The van der Waals surface area contributed by atoms with Crippen molar-refractivity contribution < 1.29 is 9.72 Å². The van der Waals surface area contributed by atoms with E-state index in [0.29, 0.717) is 0 Å². The molecule has 6 nitrogen and oxygen atoms in total. The number of halogens is 1. The summed E-state index contributed by atoms with van der Waals surface area (Å²) in [5.74, 6) is -0.0264. The number of benzene rings is 1. The zero-order valence-electron chi connectivity index (χ0n) is 12.8. The molecule has 122 valence electrons. The van der Waals surface area contributed by atoms with Crippen LogP contribution in [-0.2, 0) is 4.79 Å². The van der Waals surface area contributed by atoms with Gasteiger partial charge in [-0.3, -0.25) is 14.9 Å². The lowest BCUT2D eigenvalue weighted by atomic mass is 9.92. The normalized spacial score (nSPS) is 21.7. The van der Waals surface area contributed by atoms with Gasteiger partial charge in [0.2, 0.25) is 5.91 Å². The molecule has 2 unspecified atom stereocenters. The van der Waals surface area contributed by atoms with E-state index in [9.17, 15) is 14.9 Å². The molecule has 22 heavy (non-hydrogen) atoms. The Labute approximate surface area is 136 Å². The largest absolute Gasteiger partial charge is 0.348 e. The average Bonchev–Trinajstić information content (AvgIpc) is 2.97. The molecule has 0 spiro atoms. The Kier molecular flexibility index (Phi) is 6.32. The Bertz CT molecular complexity index is 545. The highest BCUT2D eigenvalue weighted by Crippen LogP contribution is 2.25. The molecule has 1 aliphatic rings. The fraction of sp³-hybridized carbons (Fsp3) is 0.533. The fourth-order valence-electron chi connectivity index (χ4n) is 2.79. The third-order valence-corrected chi connectivity index (χ3v) is 4.21. The van der Waals surface area contributed by atoms with Crippen molar-refractivity contribution in [2.75, 3.05) is 6.54 Å². The third kappa shape index (κ3) is 3.75. The number of nitro benzene ring substituents is 1. The molecule has 1 aliphatic heterocycles. The van der Waals surface area contributed by atoms with Gasteiger partial charge in [-0.1, -0.05) is 19.1 Å². The molecule has 1 saturated heterocycles. The number of nitro groups is 1. The van der Waals surface area contributed by atoms with Crippen LogP contribution in [0.1, 0.15) is 44.7 Å². The van der Waals surface area contributed by atoms with Gasteiger partial charge in [-0.15, -0.1) is 12.4 Å². The lowest BCUT2D eigenvalue weighted by Crippen LogP contribution is -2.53. The monoisotopic (exact) mass is 327 g/mol. The van der Waals surface area contributed by atoms with Crippen LogP contribution in [0.4, 0.5) is 5.69 Å². The van der Waals surface area contributed by atoms with Crippen LogP contribution in [0.15, 0.2) is 24.3 Å². The van der Waals surface area contributed by atoms with Gasteiger partial charge in [-0.05, 0) is 38.3 Å². The standard InChI is InChI=1S/C15H21N3O3.ClH/c1-3-15(8-5-9-16-15)14(19)17-11(2)12-6-4-7-13(10-12)18(20)21;/h4,6-7,10-11,16H,3,5,8-9H2,1-2H3,(H,17,19);1H. The number of carbonyl (C=O) groups excluding carboxylic acids is 1. The van der Waals surface area contributed by atoms with Crippen molar-refractivity contribution in [3.8, 4) is 0 Å². The molecule has 7 heteroatoms. The summed E-state index contributed by atoms with van der Waals surface area (Å²) in [6.07, 6.45) is 2.56. The predicted octanol–water partition coefficient (Wildman–Crippen LogP) is 2.73. The molecular formula is C15H22ClN3O3.